The summed E-state index contributed by atoms with van der Waals surface area (Å²) in [7, 11) is 0. The maximum absolute atomic E-state index is 13.5. The molecule has 1 atom stereocenters. The second kappa shape index (κ2) is 6.71. The van der Waals surface area contributed by atoms with Crippen molar-refractivity contribution < 1.29 is 18.7 Å². The zero-order chi connectivity index (χ0) is 16.1. The summed E-state index contributed by atoms with van der Waals surface area (Å²) in [6.07, 6.45) is -0.930. The lowest BCUT2D eigenvalue weighted by atomic mass is 10.2. The standard InChI is InChI=1S/C16H15FN2O3/c1-10(16(21)19-13-8-4-3-7-12(13)17)22-14-9-5-2-6-11(14)15(18)20/h2-10H,1H3,(H2,18,20)(H,19,21)/t10-/m0/s1. The Morgan fingerprint density at radius 3 is 2.45 bits per heavy atom. The largest absolute Gasteiger partial charge is 0.480 e. The molecule has 3 N–H and O–H groups in total. The van der Waals surface area contributed by atoms with Gasteiger partial charge in [0.15, 0.2) is 6.10 Å². The van der Waals surface area contributed by atoms with Crippen molar-refractivity contribution in [3.8, 4) is 5.75 Å². The summed E-state index contributed by atoms with van der Waals surface area (Å²) in [5.41, 5.74) is 5.48. The molecule has 0 radical (unpaired) electrons. The number of hydrogen-bond acceptors (Lipinski definition) is 3. The molecule has 0 aliphatic carbocycles. The van der Waals surface area contributed by atoms with E-state index in [2.05, 4.69) is 5.32 Å². The molecule has 0 fully saturated rings. The van der Waals surface area contributed by atoms with Gasteiger partial charge in [0.1, 0.15) is 11.6 Å². The van der Waals surface area contributed by atoms with Crippen LogP contribution in [0.25, 0.3) is 0 Å². The first-order valence-corrected chi connectivity index (χ1v) is 6.60. The lowest BCUT2D eigenvalue weighted by molar-refractivity contribution is -0.122. The first-order valence-electron chi connectivity index (χ1n) is 6.60. The van der Waals surface area contributed by atoms with Gasteiger partial charge in [0.2, 0.25) is 0 Å². The van der Waals surface area contributed by atoms with Crippen LogP contribution in [0, 0.1) is 5.82 Å². The molecular formula is C16H15FN2O3. The van der Waals surface area contributed by atoms with Crippen molar-refractivity contribution in [2.75, 3.05) is 5.32 Å². The third kappa shape index (κ3) is 3.60. The van der Waals surface area contributed by atoms with E-state index >= 15 is 0 Å². The van der Waals surface area contributed by atoms with Gasteiger partial charge in [-0.15, -0.1) is 0 Å². The van der Waals surface area contributed by atoms with Crippen LogP contribution >= 0.6 is 0 Å². The molecule has 2 aromatic rings. The smallest absolute Gasteiger partial charge is 0.265 e. The van der Waals surface area contributed by atoms with Gasteiger partial charge in [0.05, 0.1) is 11.3 Å². The minimum absolute atomic E-state index is 0.0612. The summed E-state index contributed by atoms with van der Waals surface area (Å²) in [5.74, 6) is -1.53. The number of halogens is 1. The zero-order valence-electron chi connectivity index (χ0n) is 11.9. The molecule has 0 spiro atoms. The predicted octanol–water partition coefficient (Wildman–Crippen LogP) is 2.33. The fourth-order valence-electron chi connectivity index (χ4n) is 1.81. The normalized spacial score (nSPS) is 11.5. The highest BCUT2D eigenvalue weighted by molar-refractivity contribution is 5.96. The van der Waals surface area contributed by atoms with E-state index in [0.717, 1.165) is 0 Å². The van der Waals surface area contributed by atoms with Gasteiger partial charge in [0, 0.05) is 0 Å². The lowest BCUT2D eigenvalue weighted by Gasteiger charge is -2.16. The SMILES string of the molecule is C[C@H](Oc1ccccc1C(N)=O)C(=O)Nc1ccccc1F. The molecule has 0 saturated heterocycles. The summed E-state index contributed by atoms with van der Waals surface area (Å²) < 4.78 is 18.9. The molecule has 0 aromatic heterocycles. The van der Waals surface area contributed by atoms with Crippen LogP contribution in [-0.2, 0) is 4.79 Å². The maximum Gasteiger partial charge on any atom is 0.265 e. The van der Waals surface area contributed by atoms with Gasteiger partial charge in [-0.25, -0.2) is 4.39 Å². The molecule has 2 amide bonds. The van der Waals surface area contributed by atoms with Gasteiger partial charge in [-0.05, 0) is 31.2 Å². The molecule has 114 valence electrons. The first kappa shape index (κ1) is 15.5. The van der Waals surface area contributed by atoms with Crippen LogP contribution in [0.4, 0.5) is 10.1 Å². The van der Waals surface area contributed by atoms with Gasteiger partial charge >= 0.3 is 0 Å². The van der Waals surface area contributed by atoms with Crippen LogP contribution in [0.5, 0.6) is 5.75 Å². The number of carbonyl (C=O) groups is 2. The molecule has 0 aliphatic heterocycles. The van der Waals surface area contributed by atoms with E-state index in [0.29, 0.717) is 0 Å². The minimum Gasteiger partial charge on any atom is -0.480 e. The summed E-state index contributed by atoms with van der Waals surface area (Å²) in [6, 6.07) is 12.1. The average molecular weight is 302 g/mol. The number of hydrogen-bond donors (Lipinski definition) is 2. The number of rotatable bonds is 5. The van der Waals surface area contributed by atoms with Crippen LogP contribution in [0.15, 0.2) is 48.5 Å². The Bertz CT molecular complexity index is 703. The molecule has 22 heavy (non-hydrogen) atoms. The van der Waals surface area contributed by atoms with Crippen molar-refractivity contribution in [2.45, 2.75) is 13.0 Å². The summed E-state index contributed by atoms with van der Waals surface area (Å²) in [6.45, 7) is 1.49. The van der Waals surface area contributed by atoms with Crippen LogP contribution in [0.1, 0.15) is 17.3 Å². The van der Waals surface area contributed by atoms with Gasteiger partial charge in [-0.3, -0.25) is 9.59 Å². The Balaban J connectivity index is 2.09. The van der Waals surface area contributed by atoms with Gasteiger partial charge < -0.3 is 15.8 Å². The highest BCUT2D eigenvalue weighted by Crippen LogP contribution is 2.19. The molecule has 6 heteroatoms. The van der Waals surface area contributed by atoms with Gasteiger partial charge in [0.25, 0.3) is 11.8 Å². The Kier molecular flexibility index (Phi) is 4.73. The predicted molar refractivity (Wildman–Crippen MR) is 80.1 cm³/mol. The van der Waals surface area contributed by atoms with Crippen LogP contribution in [0.3, 0.4) is 0 Å². The highest BCUT2D eigenvalue weighted by Gasteiger charge is 2.18. The van der Waals surface area contributed by atoms with Crippen molar-refractivity contribution in [3.63, 3.8) is 0 Å². The van der Waals surface area contributed by atoms with E-state index in [1.54, 1.807) is 18.2 Å². The number of nitrogens with two attached hydrogens (primary N) is 1. The molecule has 0 aliphatic rings. The topological polar surface area (TPSA) is 81.4 Å². The fraction of sp³-hybridized carbons (Fsp3) is 0.125. The summed E-state index contributed by atoms with van der Waals surface area (Å²) in [5, 5.41) is 2.42. The maximum atomic E-state index is 13.5. The van der Waals surface area contributed by atoms with Crippen LogP contribution in [0.2, 0.25) is 0 Å². The Hall–Kier alpha value is -2.89. The van der Waals surface area contributed by atoms with E-state index in [1.807, 2.05) is 0 Å². The number of nitrogens with one attached hydrogen (secondary N) is 1. The molecule has 0 unspecified atom stereocenters. The molecule has 2 rings (SSSR count). The number of carbonyl (C=O) groups excluding carboxylic acids is 2. The number of ether oxygens (including phenoxy) is 1. The second-order valence-electron chi connectivity index (χ2n) is 4.59. The van der Waals surface area contributed by atoms with Crippen LogP contribution < -0.4 is 15.8 Å². The average Bonchev–Trinajstić information content (AvgIpc) is 2.49. The zero-order valence-corrected chi connectivity index (χ0v) is 11.9. The summed E-state index contributed by atoms with van der Waals surface area (Å²) in [4.78, 5) is 23.3. The van der Waals surface area contributed by atoms with Crippen LogP contribution in [-0.4, -0.2) is 17.9 Å². The molecule has 0 heterocycles. The Morgan fingerprint density at radius 2 is 1.77 bits per heavy atom. The molecule has 5 nitrogen and oxygen atoms in total. The Labute approximate surface area is 126 Å². The molecular weight excluding hydrogens is 287 g/mol. The molecule has 0 saturated carbocycles. The van der Waals surface area contributed by atoms with E-state index in [-0.39, 0.29) is 17.0 Å². The van der Waals surface area contributed by atoms with E-state index < -0.39 is 23.7 Å². The Morgan fingerprint density at radius 1 is 1.14 bits per heavy atom. The molecule has 2 aromatic carbocycles. The van der Waals surface area contributed by atoms with E-state index in [9.17, 15) is 14.0 Å². The number of para-hydroxylation sites is 2. The van der Waals surface area contributed by atoms with Crippen molar-refractivity contribution in [1.82, 2.24) is 0 Å². The third-order valence-electron chi connectivity index (χ3n) is 2.96. The van der Waals surface area contributed by atoms with E-state index in [1.165, 1.54) is 37.3 Å². The number of benzene rings is 2. The number of amides is 2. The summed E-state index contributed by atoms with van der Waals surface area (Å²) >= 11 is 0. The second-order valence-corrected chi connectivity index (χ2v) is 4.59. The van der Waals surface area contributed by atoms with Crippen molar-refractivity contribution in [2.24, 2.45) is 5.73 Å². The number of anilines is 1. The van der Waals surface area contributed by atoms with Gasteiger partial charge in [-0.1, -0.05) is 24.3 Å². The van der Waals surface area contributed by atoms with Crippen molar-refractivity contribution >= 4 is 17.5 Å². The fourth-order valence-corrected chi connectivity index (χ4v) is 1.81. The monoisotopic (exact) mass is 302 g/mol. The molecule has 0 bridgehead atoms. The lowest BCUT2D eigenvalue weighted by Crippen LogP contribution is -2.31. The third-order valence-corrected chi connectivity index (χ3v) is 2.96. The van der Waals surface area contributed by atoms with E-state index in [4.69, 9.17) is 10.5 Å². The minimum atomic E-state index is -0.930. The van der Waals surface area contributed by atoms with Gasteiger partial charge in [-0.2, -0.15) is 0 Å². The van der Waals surface area contributed by atoms with Crippen molar-refractivity contribution in [3.05, 3.63) is 59.9 Å². The number of primary amides is 1. The quantitative estimate of drug-likeness (QED) is 0.889. The highest BCUT2D eigenvalue weighted by atomic mass is 19.1. The first-order chi connectivity index (χ1) is 10.5. The van der Waals surface area contributed by atoms with Crippen molar-refractivity contribution in [1.29, 1.82) is 0 Å².